The lowest BCUT2D eigenvalue weighted by molar-refractivity contribution is -0.135. The zero-order valence-electron chi connectivity index (χ0n) is 15.5. The number of likely N-dealkylation sites (tertiary alicyclic amines) is 1. The van der Waals surface area contributed by atoms with Gasteiger partial charge in [-0.3, -0.25) is 4.79 Å². The molecule has 0 bridgehead atoms. The van der Waals surface area contributed by atoms with Gasteiger partial charge >= 0.3 is 0 Å². The van der Waals surface area contributed by atoms with E-state index in [4.69, 9.17) is 8.94 Å². The lowest BCUT2D eigenvalue weighted by Gasteiger charge is -2.33. The second kappa shape index (κ2) is 7.34. The molecule has 7 heteroatoms. The number of aromatic nitrogens is 3. The molecule has 27 heavy (non-hydrogen) atoms. The summed E-state index contributed by atoms with van der Waals surface area (Å²) in [6.07, 6.45) is 3.05. The van der Waals surface area contributed by atoms with Crippen LogP contribution in [0.1, 0.15) is 48.5 Å². The lowest BCUT2D eigenvalue weighted by atomic mass is 10.0. The van der Waals surface area contributed by atoms with Gasteiger partial charge in [0.15, 0.2) is 5.82 Å². The number of rotatable bonds is 4. The third-order valence-electron chi connectivity index (χ3n) is 4.88. The molecule has 0 N–H and O–H groups in total. The maximum Gasteiger partial charge on any atom is 0.249 e. The van der Waals surface area contributed by atoms with E-state index in [0.29, 0.717) is 35.6 Å². The van der Waals surface area contributed by atoms with Gasteiger partial charge in [0.2, 0.25) is 17.7 Å². The van der Waals surface area contributed by atoms with Crippen molar-refractivity contribution in [3.8, 4) is 11.5 Å². The van der Waals surface area contributed by atoms with Crippen molar-refractivity contribution in [3.05, 3.63) is 53.5 Å². The molecule has 1 aliphatic rings. The van der Waals surface area contributed by atoms with Crippen molar-refractivity contribution >= 4 is 5.91 Å². The van der Waals surface area contributed by atoms with E-state index in [1.807, 2.05) is 42.2 Å². The Balaban J connectivity index is 1.53. The highest BCUT2D eigenvalue weighted by Crippen LogP contribution is 2.31. The molecule has 4 rings (SSSR count). The Morgan fingerprint density at radius 1 is 1.19 bits per heavy atom. The Labute approximate surface area is 157 Å². The first kappa shape index (κ1) is 17.5. The van der Waals surface area contributed by atoms with E-state index in [0.717, 1.165) is 24.8 Å². The molecule has 1 atom stereocenters. The van der Waals surface area contributed by atoms with Crippen molar-refractivity contribution in [1.82, 2.24) is 20.0 Å². The zero-order chi connectivity index (χ0) is 18.8. The van der Waals surface area contributed by atoms with Crippen LogP contribution in [0.5, 0.6) is 0 Å². The van der Waals surface area contributed by atoms with Gasteiger partial charge in [0, 0.05) is 12.1 Å². The molecule has 0 radical (unpaired) electrons. The Hall–Kier alpha value is -2.96. The summed E-state index contributed by atoms with van der Waals surface area (Å²) in [5, 5.41) is 3.87. The number of carbonyl (C=O) groups excluding carboxylic acids is 1. The number of oxazole rings is 1. The molecule has 7 nitrogen and oxygen atoms in total. The molecule has 3 aromatic rings. The van der Waals surface area contributed by atoms with E-state index in [-0.39, 0.29) is 18.4 Å². The highest BCUT2D eigenvalue weighted by Gasteiger charge is 2.32. The number of aryl methyl sites for hydroxylation is 2. The molecule has 0 spiro atoms. The molecule has 0 saturated carbocycles. The normalized spacial score (nSPS) is 17.3. The minimum Gasteiger partial charge on any atom is -0.441 e. The molecular weight excluding hydrogens is 344 g/mol. The van der Waals surface area contributed by atoms with Gasteiger partial charge in [-0.05, 0) is 45.2 Å². The Kier molecular flexibility index (Phi) is 4.75. The molecule has 1 aromatic carbocycles. The van der Waals surface area contributed by atoms with Crippen LogP contribution in [0.15, 0.2) is 39.3 Å². The van der Waals surface area contributed by atoms with Gasteiger partial charge in [-0.2, -0.15) is 4.98 Å². The Morgan fingerprint density at radius 2 is 2.00 bits per heavy atom. The van der Waals surface area contributed by atoms with Crippen LogP contribution in [-0.2, 0) is 11.2 Å². The molecule has 1 fully saturated rings. The maximum atomic E-state index is 13.0. The van der Waals surface area contributed by atoms with Gasteiger partial charge in [-0.15, -0.1) is 0 Å². The highest BCUT2D eigenvalue weighted by molar-refractivity contribution is 5.79. The van der Waals surface area contributed by atoms with E-state index < -0.39 is 0 Å². The number of carbonyl (C=O) groups is 1. The lowest BCUT2D eigenvalue weighted by Crippen LogP contribution is -2.39. The van der Waals surface area contributed by atoms with Crippen LogP contribution >= 0.6 is 0 Å². The van der Waals surface area contributed by atoms with Crippen LogP contribution in [0.3, 0.4) is 0 Å². The van der Waals surface area contributed by atoms with Gasteiger partial charge < -0.3 is 13.8 Å². The third kappa shape index (κ3) is 3.63. The minimum atomic E-state index is -0.159. The first-order chi connectivity index (χ1) is 13.1. The Morgan fingerprint density at radius 3 is 2.74 bits per heavy atom. The van der Waals surface area contributed by atoms with E-state index in [2.05, 4.69) is 15.1 Å². The predicted octanol–water partition coefficient (Wildman–Crippen LogP) is 3.64. The summed E-state index contributed by atoms with van der Waals surface area (Å²) in [5.41, 5.74) is 1.57. The van der Waals surface area contributed by atoms with Crippen LogP contribution in [0.25, 0.3) is 11.5 Å². The average molecular weight is 366 g/mol. The van der Waals surface area contributed by atoms with Crippen molar-refractivity contribution in [2.75, 3.05) is 6.54 Å². The molecule has 1 saturated heterocycles. The van der Waals surface area contributed by atoms with Gasteiger partial charge in [-0.1, -0.05) is 23.4 Å². The van der Waals surface area contributed by atoms with Crippen molar-refractivity contribution in [2.45, 2.75) is 45.6 Å². The molecule has 0 aliphatic carbocycles. The van der Waals surface area contributed by atoms with E-state index in [9.17, 15) is 4.79 Å². The van der Waals surface area contributed by atoms with Gasteiger partial charge in [0.1, 0.15) is 11.8 Å². The molecule has 1 unspecified atom stereocenters. The summed E-state index contributed by atoms with van der Waals surface area (Å²) in [4.78, 5) is 23.7. The maximum absolute atomic E-state index is 13.0. The average Bonchev–Trinajstić information content (AvgIpc) is 3.28. The fourth-order valence-corrected chi connectivity index (χ4v) is 3.48. The van der Waals surface area contributed by atoms with Crippen LogP contribution in [0, 0.1) is 13.8 Å². The largest absolute Gasteiger partial charge is 0.441 e. The zero-order valence-corrected chi connectivity index (χ0v) is 15.5. The van der Waals surface area contributed by atoms with Crippen LogP contribution < -0.4 is 0 Å². The van der Waals surface area contributed by atoms with Gasteiger partial charge in [0.05, 0.1) is 12.1 Å². The number of piperidine rings is 1. The van der Waals surface area contributed by atoms with E-state index in [1.54, 1.807) is 6.92 Å². The number of amides is 1. The molecule has 1 amide bonds. The van der Waals surface area contributed by atoms with Crippen molar-refractivity contribution < 1.29 is 13.7 Å². The summed E-state index contributed by atoms with van der Waals surface area (Å²) >= 11 is 0. The third-order valence-corrected chi connectivity index (χ3v) is 4.88. The summed E-state index contributed by atoms with van der Waals surface area (Å²) in [6, 6.07) is 9.53. The molecule has 3 heterocycles. The fourth-order valence-electron chi connectivity index (χ4n) is 3.48. The van der Waals surface area contributed by atoms with Crippen molar-refractivity contribution in [3.63, 3.8) is 0 Å². The smallest absolute Gasteiger partial charge is 0.249 e. The minimum absolute atomic E-state index is 0.00608. The quantitative estimate of drug-likeness (QED) is 0.701. The van der Waals surface area contributed by atoms with Gasteiger partial charge in [-0.25, -0.2) is 4.98 Å². The number of hydrogen-bond acceptors (Lipinski definition) is 6. The van der Waals surface area contributed by atoms with Crippen molar-refractivity contribution in [2.24, 2.45) is 0 Å². The summed E-state index contributed by atoms with van der Waals surface area (Å²) in [7, 11) is 0. The highest BCUT2D eigenvalue weighted by atomic mass is 16.5. The first-order valence-electron chi connectivity index (χ1n) is 9.23. The summed E-state index contributed by atoms with van der Waals surface area (Å²) in [6.45, 7) is 4.32. The summed E-state index contributed by atoms with van der Waals surface area (Å²) < 4.78 is 11.1. The monoisotopic (exact) mass is 366 g/mol. The second-order valence-corrected chi connectivity index (χ2v) is 6.84. The predicted molar refractivity (Wildman–Crippen MR) is 97.7 cm³/mol. The molecule has 140 valence electrons. The number of benzene rings is 1. The molecule has 2 aromatic heterocycles. The van der Waals surface area contributed by atoms with Crippen molar-refractivity contribution in [1.29, 1.82) is 0 Å². The second-order valence-electron chi connectivity index (χ2n) is 6.84. The van der Waals surface area contributed by atoms with E-state index >= 15 is 0 Å². The standard InChI is InChI=1S/C20H22N4O3/c1-13-16(22-19(26-13)15-8-4-3-5-9-15)12-18(25)24-11-7-6-10-17(24)20-21-14(2)23-27-20/h3-5,8-9,17H,6-7,10-12H2,1-2H3. The molecule has 1 aliphatic heterocycles. The first-order valence-corrected chi connectivity index (χ1v) is 9.23. The van der Waals surface area contributed by atoms with Crippen LogP contribution in [-0.4, -0.2) is 32.5 Å². The molecular formula is C20H22N4O3. The SMILES string of the molecule is Cc1noc(C2CCCCN2C(=O)Cc2nc(-c3ccccc3)oc2C)n1. The topological polar surface area (TPSA) is 85.3 Å². The van der Waals surface area contributed by atoms with Crippen LogP contribution in [0.4, 0.5) is 0 Å². The van der Waals surface area contributed by atoms with Crippen LogP contribution in [0.2, 0.25) is 0 Å². The van der Waals surface area contributed by atoms with E-state index in [1.165, 1.54) is 0 Å². The number of hydrogen-bond donors (Lipinski definition) is 0. The number of nitrogens with zero attached hydrogens (tertiary/aromatic N) is 4. The van der Waals surface area contributed by atoms with Gasteiger partial charge in [0.25, 0.3) is 0 Å². The summed E-state index contributed by atoms with van der Waals surface area (Å²) in [5.74, 6) is 2.32. The fraction of sp³-hybridized carbons (Fsp3) is 0.400. The Bertz CT molecular complexity index is 932.